The van der Waals surface area contributed by atoms with Gasteiger partial charge in [0, 0.05) is 13.0 Å². The fourth-order valence-corrected chi connectivity index (χ4v) is 0.723. The number of unbranched alkanes of at least 4 members (excludes halogenated alkanes) is 1. The SMILES string of the molecule is CCC(=O)O.NCCCCNCCCO. The van der Waals surface area contributed by atoms with Crippen molar-refractivity contribution in [3.8, 4) is 0 Å². The fourth-order valence-electron chi connectivity index (χ4n) is 0.723. The topological polar surface area (TPSA) is 95.6 Å². The van der Waals surface area contributed by atoms with E-state index in [0.717, 1.165) is 38.9 Å². The van der Waals surface area contributed by atoms with Crippen LogP contribution in [0, 0.1) is 0 Å². The summed E-state index contributed by atoms with van der Waals surface area (Å²) < 4.78 is 0. The molecule has 0 aromatic carbocycles. The normalized spacial score (nSPS) is 9.27. The number of nitrogens with one attached hydrogen (secondary N) is 1. The number of carboxylic acids is 1. The van der Waals surface area contributed by atoms with Crippen LogP contribution in [0.25, 0.3) is 0 Å². The molecular formula is C10H24N2O3. The summed E-state index contributed by atoms with van der Waals surface area (Å²) >= 11 is 0. The first kappa shape index (κ1) is 16.8. The molecule has 5 nitrogen and oxygen atoms in total. The van der Waals surface area contributed by atoms with Gasteiger partial charge in [-0.1, -0.05) is 6.92 Å². The third kappa shape index (κ3) is 24.7. The number of nitrogens with two attached hydrogens (primary N) is 1. The summed E-state index contributed by atoms with van der Waals surface area (Å²) in [6, 6.07) is 0. The van der Waals surface area contributed by atoms with E-state index in [0.29, 0.717) is 0 Å². The monoisotopic (exact) mass is 220 g/mol. The molecule has 0 heterocycles. The summed E-state index contributed by atoms with van der Waals surface area (Å²) in [5.74, 6) is -0.745. The lowest BCUT2D eigenvalue weighted by Gasteiger charge is -2.00. The molecule has 0 spiro atoms. The van der Waals surface area contributed by atoms with Gasteiger partial charge >= 0.3 is 5.97 Å². The van der Waals surface area contributed by atoms with Gasteiger partial charge in [0.05, 0.1) is 0 Å². The predicted molar refractivity (Wildman–Crippen MR) is 60.8 cm³/mol. The number of carbonyl (C=O) groups is 1. The van der Waals surface area contributed by atoms with E-state index in [2.05, 4.69) is 5.32 Å². The van der Waals surface area contributed by atoms with Gasteiger partial charge in [-0.2, -0.15) is 0 Å². The first-order chi connectivity index (χ1) is 7.18. The number of hydrogen-bond acceptors (Lipinski definition) is 4. The zero-order chi connectivity index (χ0) is 11.9. The van der Waals surface area contributed by atoms with Crippen molar-refractivity contribution in [1.82, 2.24) is 5.32 Å². The van der Waals surface area contributed by atoms with Crippen molar-refractivity contribution in [2.24, 2.45) is 5.73 Å². The highest BCUT2D eigenvalue weighted by atomic mass is 16.4. The van der Waals surface area contributed by atoms with Gasteiger partial charge in [-0.15, -0.1) is 0 Å². The Balaban J connectivity index is 0. The standard InChI is InChI=1S/C7H18N2O.C3H6O2/c8-4-1-2-5-9-6-3-7-10;1-2-3(4)5/h9-10H,1-8H2;2H2,1H3,(H,4,5). The highest BCUT2D eigenvalue weighted by Crippen LogP contribution is 1.82. The Morgan fingerprint density at radius 1 is 1.27 bits per heavy atom. The van der Waals surface area contributed by atoms with Gasteiger partial charge in [-0.25, -0.2) is 0 Å². The van der Waals surface area contributed by atoms with Crippen LogP contribution in [0.3, 0.4) is 0 Å². The van der Waals surface area contributed by atoms with Crippen LogP contribution in [0.4, 0.5) is 0 Å². The minimum Gasteiger partial charge on any atom is -0.481 e. The Labute approximate surface area is 91.7 Å². The molecule has 0 amide bonds. The van der Waals surface area contributed by atoms with Crippen LogP contribution in [-0.4, -0.2) is 42.4 Å². The Hall–Kier alpha value is -0.650. The lowest BCUT2D eigenvalue weighted by atomic mass is 10.3. The second-order valence-electron chi connectivity index (χ2n) is 3.07. The van der Waals surface area contributed by atoms with Crippen molar-refractivity contribution in [2.45, 2.75) is 32.6 Å². The molecule has 0 saturated heterocycles. The van der Waals surface area contributed by atoms with Gasteiger partial charge in [0.25, 0.3) is 0 Å². The summed E-state index contributed by atoms with van der Waals surface area (Å²) in [5, 5.41) is 19.3. The maximum absolute atomic E-state index is 9.37. The molecule has 0 aromatic rings. The lowest BCUT2D eigenvalue weighted by molar-refractivity contribution is -0.136. The van der Waals surface area contributed by atoms with Crippen molar-refractivity contribution >= 4 is 5.97 Å². The van der Waals surface area contributed by atoms with Crippen molar-refractivity contribution in [1.29, 1.82) is 0 Å². The summed E-state index contributed by atoms with van der Waals surface area (Å²) in [6.45, 7) is 4.60. The van der Waals surface area contributed by atoms with Crippen molar-refractivity contribution < 1.29 is 15.0 Å². The van der Waals surface area contributed by atoms with E-state index in [4.69, 9.17) is 15.9 Å². The number of carboxylic acid groups (broad SMARTS) is 1. The zero-order valence-corrected chi connectivity index (χ0v) is 9.54. The average Bonchev–Trinajstić information content (AvgIpc) is 2.24. The average molecular weight is 220 g/mol. The Bertz CT molecular complexity index is 124. The molecule has 0 aromatic heterocycles. The van der Waals surface area contributed by atoms with Gasteiger partial charge in [-0.3, -0.25) is 4.79 Å². The number of aliphatic hydroxyl groups is 1. The van der Waals surface area contributed by atoms with Gasteiger partial charge in [0.1, 0.15) is 0 Å². The highest BCUT2D eigenvalue weighted by Gasteiger charge is 1.85. The van der Waals surface area contributed by atoms with E-state index >= 15 is 0 Å². The molecule has 0 saturated carbocycles. The molecule has 92 valence electrons. The molecule has 5 heteroatoms. The van der Waals surface area contributed by atoms with E-state index in [9.17, 15) is 4.79 Å². The Morgan fingerprint density at radius 2 is 1.80 bits per heavy atom. The van der Waals surface area contributed by atoms with E-state index < -0.39 is 5.97 Å². The Morgan fingerprint density at radius 3 is 2.20 bits per heavy atom. The number of aliphatic hydroxyl groups excluding tert-OH is 1. The molecule has 0 radical (unpaired) electrons. The second-order valence-corrected chi connectivity index (χ2v) is 3.07. The van der Waals surface area contributed by atoms with Crippen LogP contribution in [0.15, 0.2) is 0 Å². The minimum atomic E-state index is -0.745. The molecule has 0 bridgehead atoms. The highest BCUT2D eigenvalue weighted by molar-refractivity contribution is 5.66. The smallest absolute Gasteiger partial charge is 0.303 e. The number of aliphatic carboxylic acids is 1. The fraction of sp³-hybridized carbons (Fsp3) is 0.900. The first-order valence-corrected chi connectivity index (χ1v) is 5.42. The molecule has 0 aliphatic heterocycles. The first-order valence-electron chi connectivity index (χ1n) is 5.42. The Kier molecular flexibility index (Phi) is 17.7. The molecule has 15 heavy (non-hydrogen) atoms. The number of rotatable bonds is 8. The van der Waals surface area contributed by atoms with Gasteiger partial charge in [-0.05, 0) is 38.9 Å². The molecule has 0 atom stereocenters. The largest absolute Gasteiger partial charge is 0.481 e. The van der Waals surface area contributed by atoms with Gasteiger partial charge < -0.3 is 21.3 Å². The molecule has 0 rings (SSSR count). The van der Waals surface area contributed by atoms with Crippen molar-refractivity contribution in [2.75, 3.05) is 26.2 Å². The predicted octanol–water partition coefficient (Wildman–Crippen LogP) is 0.178. The summed E-state index contributed by atoms with van der Waals surface area (Å²) in [7, 11) is 0. The quantitative estimate of drug-likeness (QED) is 0.438. The van der Waals surface area contributed by atoms with Crippen LogP contribution in [-0.2, 0) is 4.79 Å². The molecule has 0 aliphatic carbocycles. The molecule has 0 unspecified atom stereocenters. The molecule has 0 aliphatic rings. The van der Waals surface area contributed by atoms with Crippen LogP contribution in [0.2, 0.25) is 0 Å². The van der Waals surface area contributed by atoms with Crippen LogP contribution in [0.1, 0.15) is 32.6 Å². The molecule has 0 fully saturated rings. The molecular weight excluding hydrogens is 196 g/mol. The molecule has 5 N–H and O–H groups in total. The summed E-state index contributed by atoms with van der Waals surface area (Å²) in [4.78, 5) is 9.37. The van der Waals surface area contributed by atoms with E-state index in [-0.39, 0.29) is 13.0 Å². The summed E-state index contributed by atoms with van der Waals surface area (Å²) in [5.41, 5.74) is 5.30. The van der Waals surface area contributed by atoms with E-state index in [1.165, 1.54) is 0 Å². The van der Waals surface area contributed by atoms with E-state index in [1.54, 1.807) is 6.92 Å². The van der Waals surface area contributed by atoms with Crippen LogP contribution in [0.5, 0.6) is 0 Å². The minimum absolute atomic E-state index is 0.222. The van der Waals surface area contributed by atoms with Crippen LogP contribution < -0.4 is 11.1 Å². The van der Waals surface area contributed by atoms with Gasteiger partial charge in [0.2, 0.25) is 0 Å². The zero-order valence-electron chi connectivity index (χ0n) is 9.54. The third-order valence-electron chi connectivity index (χ3n) is 1.62. The number of hydrogen-bond donors (Lipinski definition) is 4. The van der Waals surface area contributed by atoms with Gasteiger partial charge in [0.15, 0.2) is 0 Å². The lowest BCUT2D eigenvalue weighted by Crippen LogP contribution is -2.18. The summed E-state index contributed by atoms with van der Waals surface area (Å²) in [6.07, 6.45) is 3.30. The van der Waals surface area contributed by atoms with Crippen LogP contribution >= 0.6 is 0 Å². The third-order valence-corrected chi connectivity index (χ3v) is 1.62. The van der Waals surface area contributed by atoms with Crippen molar-refractivity contribution in [3.63, 3.8) is 0 Å². The van der Waals surface area contributed by atoms with E-state index in [1.807, 2.05) is 0 Å². The maximum atomic E-state index is 9.37. The second kappa shape index (κ2) is 15.8. The maximum Gasteiger partial charge on any atom is 0.303 e. The van der Waals surface area contributed by atoms with Crippen molar-refractivity contribution in [3.05, 3.63) is 0 Å².